The maximum absolute atomic E-state index is 10.7. The molecule has 4 rings (SSSR count). The van der Waals surface area contributed by atoms with Crippen LogP contribution in [0.25, 0.3) is 0 Å². The first-order valence-corrected chi connectivity index (χ1v) is 10.5. The van der Waals surface area contributed by atoms with Gasteiger partial charge in [-0.3, -0.25) is 4.90 Å². The minimum Gasteiger partial charge on any atom is -0.388 e. The van der Waals surface area contributed by atoms with E-state index in [2.05, 4.69) is 28.4 Å². The number of aliphatic hydroxyl groups excluding tert-OH is 1. The molecule has 3 aliphatic rings. The number of nitrogens with one attached hydrogen (secondary N) is 1. The summed E-state index contributed by atoms with van der Waals surface area (Å²) in [7, 11) is 0. The summed E-state index contributed by atoms with van der Waals surface area (Å²) in [5.74, 6) is 0.799. The fourth-order valence-corrected chi connectivity index (χ4v) is 4.82. The molecule has 138 valence electrons. The van der Waals surface area contributed by atoms with Gasteiger partial charge < -0.3 is 10.4 Å². The molecular formula is C22H34N2O. The Morgan fingerprint density at radius 3 is 2.52 bits per heavy atom. The van der Waals surface area contributed by atoms with Gasteiger partial charge in [0.25, 0.3) is 0 Å². The number of benzene rings is 1. The molecule has 25 heavy (non-hydrogen) atoms. The van der Waals surface area contributed by atoms with Gasteiger partial charge >= 0.3 is 0 Å². The molecule has 1 unspecified atom stereocenters. The van der Waals surface area contributed by atoms with Crippen molar-refractivity contribution in [2.45, 2.75) is 69.9 Å². The van der Waals surface area contributed by atoms with Gasteiger partial charge in [-0.25, -0.2) is 0 Å². The second-order valence-corrected chi connectivity index (χ2v) is 8.44. The number of piperidine rings is 1. The minimum absolute atomic E-state index is 0.286. The van der Waals surface area contributed by atoms with Crippen LogP contribution in [0, 0.1) is 5.92 Å². The van der Waals surface area contributed by atoms with Gasteiger partial charge in [0.1, 0.15) is 0 Å². The van der Waals surface area contributed by atoms with Crippen LogP contribution in [0.4, 0.5) is 0 Å². The van der Waals surface area contributed by atoms with E-state index in [4.69, 9.17) is 0 Å². The van der Waals surface area contributed by atoms with E-state index >= 15 is 0 Å². The van der Waals surface area contributed by atoms with Crippen molar-refractivity contribution in [1.82, 2.24) is 10.2 Å². The largest absolute Gasteiger partial charge is 0.388 e. The molecule has 1 saturated heterocycles. The summed E-state index contributed by atoms with van der Waals surface area (Å²) in [6.07, 6.45) is 10.9. The second-order valence-electron chi connectivity index (χ2n) is 8.44. The fourth-order valence-electron chi connectivity index (χ4n) is 4.82. The highest BCUT2D eigenvalue weighted by Gasteiger charge is 2.26. The van der Waals surface area contributed by atoms with Crippen LogP contribution in [0.5, 0.6) is 0 Å². The van der Waals surface area contributed by atoms with E-state index in [1.54, 1.807) is 0 Å². The molecule has 0 spiro atoms. The molecule has 2 N–H and O–H groups in total. The average molecular weight is 343 g/mol. The SMILES string of the molecule is OC(CCC1CCNCC1)c1ccc2c(c1)CCN(C1CCC1)CC2. The van der Waals surface area contributed by atoms with Crippen molar-refractivity contribution < 1.29 is 5.11 Å². The predicted molar refractivity (Wildman–Crippen MR) is 103 cm³/mol. The van der Waals surface area contributed by atoms with Crippen LogP contribution < -0.4 is 5.32 Å². The first-order chi connectivity index (χ1) is 12.3. The van der Waals surface area contributed by atoms with Crippen molar-refractivity contribution in [3.8, 4) is 0 Å². The lowest BCUT2D eigenvalue weighted by Gasteiger charge is -2.36. The molecule has 0 radical (unpaired) electrons. The molecule has 1 saturated carbocycles. The van der Waals surface area contributed by atoms with Gasteiger partial charge in [-0.15, -0.1) is 0 Å². The summed E-state index contributed by atoms with van der Waals surface area (Å²) < 4.78 is 0. The normalized spacial score (nSPS) is 24.4. The number of nitrogens with zero attached hydrogens (tertiary/aromatic N) is 1. The van der Waals surface area contributed by atoms with Crippen LogP contribution in [-0.4, -0.2) is 42.2 Å². The van der Waals surface area contributed by atoms with Crippen molar-refractivity contribution in [1.29, 1.82) is 0 Å². The molecule has 2 heterocycles. The smallest absolute Gasteiger partial charge is 0.0790 e. The Kier molecular flexibility index (Phi) is 5.74. The third kappa shape index (κ3) is 4.27. The van der Waals surface area contributed by atoms with Gasteiger partial charge in [-0.2, -0.15) is 0 Å². The lowest BCUT2D eigenvalue weighted by Crippen LogP contribution is -2.41. The zero-order chi connectivity index (χ0) is 17.1. The Hall–Kier alpha value is -0.900. The number of rotatable bonds is 5. The minimum atomic E-state index is -0.286. The molecule has 2 fully saturated rings. The topological polar surface area (TPSA) is 35.5 Å². The Bertz CT molecular complexity index is 563. The molecule has 0 bridgehead atoms. The van der Waals surface area contributed by atoms with Crippen molar-refractivity contribution in [2.24, 2.45) is 5.92 Å². The highest BCUT2D eigenvalue weighted by Crippen LogP contribution is 2.30. The maximum Gasteiger partial charge on any atom is 0.0790 e. The van der Waals surface area contributed by atoms with Crippen molar-refractivity contribution >= 4 is 0 Å². The Morgan fingerprint density at radius 1 is 1.04 bits per heavy atom. The van der Waals surface area contributed by atoms with Crippen molar-refractivity contribution in [3.63, 3.8) is 0 Å². The summed E-state index contributed by atoms with van der Waals surface area (Å²) in [6.45, 7) is 4.72. The zero-order valence-corrected chi connectivity index (χ0v) is 15.6. The van der Waals surface area contributed by atoms with Gasteiger partial charge in [-0.05, 0) is 87.1 Å². The van der Waals surface area contributed by atoms with Gasteiger partial charge in [0.15, 0.2) is 0 Å². The monoisotopic (exact) mass is 342 g/mol. The number of aliphatic hydroxyl groups is 1. The summed E-state index contributed by atoms with van der Waals surface area (Å²) in [6, 6.07) is 7.64. The second kappa shape index (κ2) is 8.20. The summed E-state index contributed by atoms with van der Waals surface area (Å²) in [5.41, 5.74) is 4.14. The quantitative estimate of drug-likeness (QED) is 0.860. The fraction of sp³-hybridized carbons (Fsp3) is 0.727. The van der Waals surface area contributed by atoms with E-state index < -0.39 is 0 Å². The first kappa shape index (κ1) is 17.5. The molecule has 1 atom stereocenters. The average Bonchev–Trinajstić information content (AvgIpc) is 2.81. The van der Waals surface area contributed by atoms with Crippen molar-refractivity contribution in [2.75, 3.05) is 26.2 Å². The highest BCUT2D eigenvalue weighted by molar-refractivity contribution is 5.34. The molecule has 0 aromatic heterocycles. The molecular weight excluding hydrogens is 308 g/mol. The van der Waals surface area contributed by atoms with E-state index in [-0.39, 0.29) is 6.10 Å². The zero-order valence-electron chi connectivity index (χ0n) is 15.6. The molecule has 3 heteroatoms. The van der Waals surface area contributed by atoms with Crippen LogP contribution in [-0.2, 0) is 12.8 Å². The number of fused-ring (bicyclic) bond motifs is 1. The van der Waals surface area contributed by atoms with Crippen LogP contribution in [0.15, 0.2) is 18.2 Å². The molecule has 1 aromatic carbocycles. The standard InChI is InChI=1S/C22H34N2O/c25-22(7-4-17-8-12-23-13-9-17)20-6-5-18-10-14-24(21-2-1-3-21)15-11-19(18)16-20/h5-6,16-17,21-23,25H,1-4,7-15H2. The summed E-state index contributed by atoms with van der Waals surface area (Å²) in [5, 5.41) is 14.1. The van der Waals surface area contributed by atoms with E-state index in [0.717, 1.165) is 49.9 Å². The Balaban J connectivity index is 1.34. The number of hydrogen-bond acceptors (Lipinski definition) is 3. The van der Waals surface area contributed by atoms with Crippen LogP contribution in [0.2, 0.25) is 0 Å². The molecule has 2 aliphatic heterocycles. The molecule has 1 aromatic rings. The van der Waals surface area contributed by atoms with Gasteiger partial charge in [-0.1, -0.05) is 24.6 Å². The van der Waals surface area contributed by atoms with Gasteiger partial charge in [0.05, 0.1) is 6.10 Å². The third-order valence-corrected chi connectivity index (χ3v) is 6.85. The molecule has 1 aliphatic carbocycles. The Labute approximate surface area is 152 Å². The van der Waals surface area contributed by atoms with Crippen LogP contribution in [0.3, 0.4) is 0 Å². The highest BCUT2D eigenvalue weighted by atomic mass is 16.3. The molecule has 3 nitrogen and oxygen atoms in total. The van der Waals surface area contributed by atoms with E-state index in [9.17, 15) is 5.11 Å². The van der Waals surface area contributed by atoms with Crippen molar-refractivity contribution in [3.05, 3.63) is 34.9 Å². The lowest BCUT2D eigenvalue weighted by molar-refractivity contribution is 0.133. The van der Waals surface area contributed by atoms with E-state index in [0.29, 0.717) is 0 Å². The van der Waals surface area contributed by atoms with Crippen LogP contribution in [0.1, 0.15) is 67.7 Å². The summed E-state index contributed by atoms with van der Waals surface area (Å²) >= 11 is 0. The first-order valence-electron chi connectivity index (χ1n) is 10.5. The summed E-state index contributed by atoms with van der Waals surface area (Å²) in [4.78, 5) is 2.71. The van der Waals surface area contributed by atoms with E-state index in [1.807, 2.05) is 0 Å². The number of hydrogen-bond donors (Lipinski definition) is 2. The third-order valence-electron chi connectivity index (χ3n) is 6.85. The lowest BCUT2D eigenvalue weighted by atomic mass is 9.89. The Morgan fingerprint density at radius 2 is 1.80 bits per heavy atom. The predicted octanol–water partition coefficient (Wildman–Crippen LogP) is 3.45. The maximum atomic E-state index is 10.7. The van der Waals surface area contributed by atoms with Gasteiger partial charge in [0, 0.05) is 19.1 Å². The van der Waals surface area contributed by atoms with Gasteiger partial charge in [0.2, 0.25) is 0 Å². The molecule has 0 amide bonds. The van der Waals surface area contributed by atoms with Crippen LogP contribution >= 0.6 is 0 Å². The van der Waals surface area contributed by atoms with E-state index in [1.165, 1.54) is 62.7 Å².